The Kier molecular flexibility index (Phi) is 5.57. The van der Waals surface area contributed by atoms with Crippen molar-refractivity contribution in [3.05, 3.63) is 28.8 Å². The van der Waals surface area contributed by atoms with Gasteiger partial charge in [0.1, 0.15) is 5.75 Å². The first-order valence-corrected chi connectivity index (χ1v) is 8.82. The van der Waals surface area contributed by atoms with Gasteiger partial charge in [0, 0.05) is 32.2 Å². The van der Waals surface area contributed by atoms with Crippen LogP contribution in [0.3, 0.4) is 0 Å². The first kappa shape index (κ1) is 17.8. The van der Waals surface area contributed by atoms with Gasteiger partial charge in [-0.05, 0) is 36.5 Å². The van der Waals surface area contributed by atoms with Crippen molar-refractivity contribution >= 4 is 11.6 Å². The van der Waals surface area contributed by atoms with E-state index in [4.69, 9.17) is 11.6 Å². The molecule has 0 unspecified atom stereocenters. The molecule has 0 amide bonds. The number of nitrogens with zero attached hydrogens (tertiary/aromatic N) is 1. The van der Waals surface area contributed by atoms with Gasteiger partial charge in [-0.15, -0.1) is 13.2 Å². The Hall–Kier alpha value is -0.980. The molecule has 0 aromatic heterocycles. The molecule has 1 aliphatic carbocycles. The molecule has 3 rings (SSSR count). The van der Waals surface area contributed by atoms with Crippen molar-refractivity contribution in [3.63, 3.8) is 0 Å². The van der Waals surface area contributed by atoms with Gasteiger partial charge in [-0.2, -0.15) is 0 Å². The summed E-state index contributed by atoms with van der Waals surface area (Å²) in [6.07, 6.45) is 0.0289. The molecule has 0 bridgehead atoms. The molecule has 0 radical (unpaired) electrons. The first-order chi connectivity index (χ1) is 11.4. The Morgan fingerprint density at radius 2 is 1.83 bits per heavy atom. The standard InChI is InChI=1S/C17H22ClF3N2O/c18-14-11-13(5-6-15(14)24-17(19,20)21)16(12-3-1-2-4-12)23-9-7-22-8-10-23/h5-6,11-12,16,22H,1-4,7-10H2/t16-/m0/s1. The monoisotopic (exact) mass is 362 g/mol. The summed E-state index contributed by atoms with van der Waals surface area (Å²) in [7, 11) is 0. The summed E-state index contributed by atoms with van der Waals surface area (Å²) in [4.78, 5) is 2.43. The number of benzene rings is 1. The van der Waals surface area contributed by atoms with Crippen LogP contribution in [0, 0.1) is 5.92 Å². The minimum atomic E-state index is -4.73. The maximum Gasteiger partial charge on any atom is 0.573 e. The lowest BCUT2D eigenvalue weighted by molar-refractivity contribution is -0.274. The molecule has 2 aliphatic rings. The minimum Gasteiger partial charge on any atom is -0.404 e. The number of halogens is 4. The van der Waals surface area contributed by atoms with Crippen molar-refractivity contribution in [1.82, 2.24) is 10.2 Å². The van der Waals surface area contributed by atoms with Crippen molar-refractivity contribution in [1.29, 1.82) is 0 Å². The first-order valence-electron chi connectivity index (χ1n) is 8.44. The highest BCUT2D eigenvalue weighted by Gasteiger charge is 2.34. The minimum absolute atomic E-state index is 0.0166. The lowest BCUT2D eigenvalue weighted by Crippen LogP contribution is -2.46. The zero-order valence-corrected chi connectivity index (χ0v) is 14.2. The molecule has 1 N–H and O–H groups in total. The van der Waals surface area contributed by atoms with Crippen LogP contribution in [-0.2, 0) is 0 Å². The number of hydrogen-bond acceptors (Lipinski definition) is 3. The zero-order valence-electron chi connectivity index (χ0n) is 13.4. The van der Waals surface area contributed by atoms with Gasteiger partial charge >= 0.3 is 6.36 Å². The fraction of sp³-hybridized carbons (Fsp3) is 0.647. The van der Waals surface area contributed by atoms with E-state index in [0.717, 1.165) is 44.6 Å². The lowest BCUT2D eigenvalue weighted by Gasteiger charge is -2.38. The highest BCUT2D eigenvalue weighted by atomic mass is 35.5. The van der Waals surface area contributed by atoms with E-state index in [1.165, 1.54) is 18.9 Å². The van der Waals surface area contributed by atoms with E-state index in [1.54, 1.807) is 12.1 Å². The molecule has 0 spiro atoms. The largest absolute Gasteiger partial charge is 0.573 e. The number of ether oxygens (including phenoxy) is 1. The van der Waals surface area contributed by atoms with Gasteiger partial charge in [-0.3, -0.25) is 4.90 Å². The van der Waals surface area contributed by atoms with Crippen LogP contribution in [0.4, 0.5) is 13.2 Å². The predicted molar refractivity (Wildman–Crippen MR) is 87.3 cm³/mol. The van der Waals surface area contributed by atoms with Crippen LogP contribution in [0.25, 0.3) is 0 Å². The molecule has 1 saturated carbocycles. The second kappa shape index (κ2) is 7.50. The Balaban J connectivity index is 1.85. The summed E-state index contributed by atoms with van der Waals surface area (Å²) in [6.45, 7) is 3.76. The van der Waals surface area contributed by atoms with Gasteiger partial charge in [-0.25, -0.2) is 0 Å². The van der Waals surface area contributed by atoms with Crippen LogP contribution in [0.15, 0.2) is 18.2 Å². The van der Waals surface area contributed by atoms with Crippen molar-refractivity contribution in [2.45, 2.75) is 38.1 Å². The van der Waals surface area contributed by atoms with Crippen LogP contribution < -0.4 is 10.1 Å². The molecule has 1 atom stereocenters. The number of rotatable bonds is 4. The summed E-state index contributed by atoms with van der Waals surface area (Å²) in [5.41, 5.74) is 0.989. The summed E-state index contributed by atoms with van der Waals surface area (Å²) in [6, 6.07) is 4.94. The third kappa shape index (κ3) is 4.35. The lowest BCUT2D eigenvalue weighted by atomic mass is 9.89. The maximum absolute atomic E-state index is 12.4. The van der Waals surface area contributed by atoms with Crippen molar-refractivity contribution in [2.24, 2.45) is 5.92 Å². The summed E-state index contributed by atoms with van der Waals surface area (Å²) >= 11 is 6.07. The van der Waals surface area contributed by atoms with Gasteiger partial charge in [0.05, 0.1) is 5.02 Å². The van der Waals surface area contributed by atoms with Crippen LogP contribution in [0.5, 0.6) is 5.75 Å². The summed E-state index contributed by atoms with van der Waals surface area (Å²) in [5.74, 6) is 0.201. The molecule has 134 valence electrons. The fourth-order valence-corrected chi connectivity index (χ4v) is 4.15. The van der Waals surface area contributed by atoms with E-state index in [9.17, 15) is 13.2 Å². The second-order valence-electron chi connectivity index (χ2n) is 6.51. The number of alkyl halides is 3. The highest BCUT2D eigenvalue weighted by Crippen LogP contribution is 2.41. The van der Waals surface area contributed by atoms with Crippen LogP contribution in [0.2, 0.25) is 5.02 Å². The van der Waals surface area contributed by atoms with Crippen molar-refractivity contribution < 1.29 is 17.9 Å². The molecule has 3 nitrogen and oxygen atoms in total. The van der Waals surface area contributed by atoms with E-state index >= 15 is 0 Å². The molecule has 2 fully saturated rings. The average Bonchev–Trinajstić information content (AvgIpc) is 3.04. The van der Waals surface area contributed by atoms with Crippen LogP contribution in [0.1, 0.15) is 37.3 Å². The fourth-order valence-electron chi connectivity index (χ4n) is 3.92. The topological polar surface area (TPSA) is 24.5 Å². The molecular formula is C17H22ClF3N2O. The molecule has 1 aliphatic heterocycles. The average molecular weight is 363 g/mol. The SMILES string of the molecule is FC(F)(F)Oc1ccc([C@H](C2CCCC2)N2CCNCC2)cc1Cl. The molecular weight excluding hydrogens is 341 g/mol. The van der Waals surface area contributed by atoms with Crippen molar-refractivity contribution in [2.75, 3.05) is 26.2 Å². The highest BCUT2D eigenvalue weighted by molar-refractivity contribution is 6.32. The number of piperazine rings is 1. The Morgan fingerprint density at radius 3 is 2.42 bits per heavy atom. The van der Waals surface area contributed by atoms with E-state index in [-0.39, 0.29) is 16.8 Å². The Morgan fingerprint density at radius 1 is 1.17 bits per heavy atom. The summed E-state index contributed by atoms with van der Waals surface area (Å²) in [5, 5.41) is 3.36. The number of hydrogen-bond donors (Lipinski definition) is 1. The normalized spacial score (nSPS) is 21.8. The van der Waals surface area contributed by atoms with Crippen molar-refractivity contribution in [3.8, 4) is 5.75 Å². The van der Waals surface area contributed by atoms with Crippen LogP contribution >= 0.6 is 11.6 Å². The second-order valence-corrected chi connectivity index (χ2v) is 6.92. The van der Waals surface area contributed by atoms with Gasteiger partial charge < -0.3 is 10.1 Å². The van der Waals surface area contributed by atoms with E-state index < -0.39 is 6.36 Å². The Bertz CT molecular complexity index is 555. The number of nitrogens with one attached hydrogen (secondary N) is 1. The van der Waals surface area contributed by atoms with Gasteiger partial charge in [0.25, 0.3) is 0 Å². The summed E-state index contributed by atoms with van der Waals surface area (Å²) < 4.78 is 41.2. The maximum atomic E-state index is 12.4. The smallest absolute Gasteiger partial charge is 0.404 e. The quantitative estimate of drug-likeness (QED) is 0.860. The van der Waals surface area contributed by atoms with Gasteiger partial charge in [0.15, 0.2) is 0 Å². The van der Waals surface area contributed by atoms with Crippen LogP contribution in [-0.4, -0.2) is 37.4 Å². The van der Waals surface area contributed by atoms with E-state index in [2.05, 4.69) is 15.0 Å². The molecule has 24 heavy (non-hydrogen) atoms. The zero-order chi connectivity index (χ0) is 17.2. The third-order valence-corrected chi connectivity index (χ3v) is 5.21. The molecule has 1 heterocycles. The van der Waals surface area contributed by atoms with Gasteiger partial charge in [-0.1, -0.05) is 30.5 Å². The predicted octanol–water partition coefficient (Wildman–Crippen LogP) is 4.38. The van der Waals surface area contributed by atoms with E-state index in [0.29, 0.717) is 5.92 Å². The molecule has 1 saturated heterocycles. The molecule has 1 aromatic carbocycles. The van der Waals surface area contributed by atoms with Gasteiger partial charge in [0.2, 0.25) is 0 Å². The Labute approximate surface area is 145 Å². The molecule has 1 aromatic rings. The molecule has 7 heteroatoms. The third-order valence-electron chi connectivity index (χ3n) is 4.91. The van der Waals surface area contributed by atoms with E-state index in [1.807, 2.05) is 0 Å².